The lowest BCUT2D eigenvalue weighted by molar-refractivity contribution is -0.123. The highest BCUT2D eigenvalue weighted by Gasteiger charge is 2.28. The van der Waals surface area contributed by atoms with Gasteiger partial charge in [-0.1, -0.05) is 12.1 Å². The minimum Gasteiger partial charge on any atom is -0.497 e. The van der Waals surface area contributed by atoms with Gasteiger partial charge >= 0.3 is 0 Å². The molecule has 0 unspecified atom stereocenters. The molecule has 2 atom stereocenters. The van der Waals surface area contributed by atoms with Gasteiger partial charge in [0.15, 0.2) is 0 Å². The minimum absolute atomic E-state index is 0.0378. The summed E-state index contributed by atoms with van der Waals surface area (Å²) in [4.78, 5) is 16.4. The lowest BCUT2D eigenvalue weighted by atomic mass is 10.0. The molecule has 1 aliphatic carbocycles. The van der Waals surface area contributed by atoms with Crippen LogP contribution in [-0.4, -0.2) is 72.7 Å². The molecule has 3 rings (SSSR count). The van der Waals surface area contributed by atoms with Crippen LogP contribution >= 0.6 is 0 Å². The molecule has 0 radical (unpaired) electrons. The van der Waals surface area contributed by atoms with Gasteiger partial charge in [-0.2, -0.15) is 0 Å². The SMILES string of the molecule is COc1ccc([C@H](O)[C@@H](C)N2CCN(CC(=O)NC3CC3)CC2)cc1. The number of piperazine rings is 1. The highest BCUT2D eigenvalue weighted by Crippen LogP contribution is 2.24. The van der Waals surface area contributed by atoms with E-state index < -0.39 is 6.10 Å². The van der Waals surface area contributed by atoms with Crippen LogP contribution in [-0.2, 0) is 4.79 Å². The molecule has 1 heterocycles. The first-order valence-electron chi connectivity index (χ1n) is 9.14. The highest BCUT2D eigenvalue weighted by atomic mass is 16.5. The first kappa shape index (κ1) is 18.2. The van der Waals surface area contributed by atoms with Crippen LogP contribution in [0.5, 0.6) is 5.75 Å². The van der Waals surface area contributed by atoms with E-state index in [9.17, 15) is 9.90 Å². The van der Waals surface area contributed by atoms with Crippen molar-refractivity contribution in [3.05, 3.63) is 29.8 Å². The van der Waals surface area contributed by atoms with Gasteiger partial charge in [0.1, 0.15) is 5.75 Å². The van der Waals surface area contributed by atoms with Gasteiger partial charge in [-0.15, -0.1) is 0 Å². The van der Waals surface area contributed by atoms with E-state index in [1.165, 1.54) is 0 Å². The third-order valence-electron chi connectivity index (χ3n) is 5.21. The molecule has 138 valence electrons. The Balaban J connectivity index is 1.46. The molecule has 0 spiro atoms. The van der Waals surface area contributed by atoms with Crippen molar-refractivity contribution in [3.63, 3.8) is 0 Å². The van der Waals surface area contributed by atoms with Gasteiger partial charge in [-0.05, 0) is 37.5 Å². The molecule has 1 aromatic rings. The Hall–Kier alpha value is -1.63. The number of ether oxygens (including phenoxy) is 1. The molecule has 2 N–H and O–H groups in total. The second-order valence-corrected chi connectivity index (χ2v) is 7.11. The monoisotopic (exact) mass is 347 g/mol. The van der Waals surface area contributed by atoms with E-state index in [1.54, 1.807) is 7.11 Å². The molecule has 6 heteroatoms. The maximum absolute atomic E-state index is 11.9. The summed E-state index contributed by atoms with van der Waals surface area (Å²) in [6.45, 7) is 6.00. The largest absolute Gasteiger partial charge is 0.497 e. The summed E-state index contributed by atoms with van der Waals surface area (Å²) in [6.07, 6.45) is 1.72. The molecular formula is C19H29N3O3. The van der Waals surface area contributed by atoms with Crippen LogP contribution in [0.2, 0.25) is 0 Å². The first-order valence-corrected chi connectivity index (χ1v) is 9.14. The van der Waals surface area contributed by atoms with E-state index >= 15 is 0 Å². The Morgan fingerprint density at radius 3 is 2.44 bits per heavy atom. The van der Waals surface area contributed by atoms with E-state index in [4.69, 9.17) is 4.74 Å². The van der Waals surface area contributed by atoms with Crippen LogP contribution in [0.3, 0.4) is 0 Å². The molecule has 1 aromatic carbocycles. The molecule has 25 heavy (non-hydrogen) atoms. The number of amides is 1. The van der Waals surface area contributed by atoms with Gasteiger partial charge in [0.25, 0.3) is 0 Å². The average Bonchev–Trinajstić information content (AvgIpc) is 3.45. The fourth-order valence-electron chi connectivity index (χ4n) is 3.31. The van der Waals surface area contributed by atoms with Crippen molar-refractivity contribution in [2.24, 2.45) is 0 Å². The molecular weight excluding hydrogens is 318 g/mol. The standard InChI is InChI=1S/C19H29N3O3/c1-14(19(24)15-3-7-17(25-2)8-4-15)22-11-9-21(10-12-22)13-18(23)20-16-5-6-16/h3-4,7-8,14,16,19,24H,5-6,9-13H2,1-2H3,(H,20,23)/t14-,19-/m1/s1. The first-order chi connectivity index (χ1) is 12.1. The van der Waals surface area contributed by atoms with Gasteiger partial charge in [0.05, 0.1) is 19.8 Å². The van der Waals surface area contributed by atoms with Crippen molar-refractivity contribution in [2.45, 2.75) is 38.0 Å². The van der Waals surface area contributed by atoms with Crippen molar-refractivity contribution in [1.82, 2.24) is 15.1 Å². The summed E-state index contributed by atoms with van der Waals surface area (Å²) < 4.78 is 5.17. The number of methoxy groups -OCH3 is 1. The number of nitrogens with zero attached hydrogens (tertiary/aromatic N) is 2. The number of carbonyl (C=O) groups excluding carboxylic acids is 1. The van der Waals surface area contributed by atoms with Crippen LogP contribution < -0.4 is 10.1 Å². The number of carbonyl (C=O) groups is 1. The number of rotatable bonds is 7. The van der Waals surface area contributed by atoms with Crippen LogP contribution in [0.1, 0.15) is 31.4 Å². The van der Waals surface area contributed by atoms with Crippen LogP contribution in [0.4, 0.5) is 0 Å². The molecule has 2 aliphatic rings. The lowest BCUT2D eigenvalue weighted by Gasteiger charge is -2.39. The summed E-state index contributed by atoms with van der Waals surface area (Å²) in [5, 5.41) is 13.7. The molecule has 1 saturated carbocycles. The summed E-state index contributed by atoms with van der Waals surface area (Å²) in [5.41, 5.74) is 0.902. The quantitative estimate of drug-likeness (QED) is 0.771. The Morgan fingerprint density at radius 1 is 1.24 bits per heavy atom. The number of aliphatic hydroxyl groups is 1. The summed E-state index contributed by atoms with van der Waals surface area (Å²) >= 11 is 0. The molecule has 1 saturated heterocycles. The number of nitrogens with one attached hydrogen (secondary N) is 1. The third kappa shape index (κ3) is 4.93. The van der Waals surface area contributed by atoms with Gasteiger partial charge in [-0.3, -0.25) is 14.6 Å². The zero-order valence-corrected chi connectivity index (χ0v) is 15.1. The van der Waals surface area contributed by atoms with Crippen LogP contribution in [0, 0.1) is 0 Å². The number of aliphatic hydroxyl groups excluding tert-OH is 1. The van der Waals surface area contributed by atoms with Crippen molar-refractivity contribution in [2.75, 3.05) is 39.8 Å². The molecule has 2 fully saturated rings. The smallest absolute Gasteiger partial charge is 0.234 e. The molecule has 0 aromatic heterocycles. The summed E-state index contributed by atoms with van der Waals surface area (Å²) in [5.74, 6) is 0.934. The summed E-state index contributed by atoms with van der Waals surface area (Å²) in [7, 11) is 1.64. The lowest BCUT2D eigenvalue weighted by Crippen LogP contribution is -2.53. The van der Waals surface area contributed by atoms with E-state index in [2.05, 4.69) is 22.0 Å². The number of hydrogen-bond acceptors (Lipinski definition) is 5. The average molecular weight is 347 g/mol. The number of hydrogen-bond donors (Lipinski definition) is 2. The Morgan fingerprint density at radius 2 is 1.88 bits per heavy atom. The van der Waals surface area contributed by atoms with Crippen molar-refractivity contribution < 1.29 is 14.6 Å². The van der Waals surface area contributed by atoms with Gasteiger partial charge < -0.3 is 15.2 Å². The molecule has 0 bridgehead atoms. The van der Waals surface area contributed by atoms with E-state index in [0.717, 1.165) is 50.3 Å². The zero-order valence-electron chi connectivity index (χ0n) is 15.1. The maximum Gasteiger partial charge on any atom is 0.234 e. The Bertz CT molecular complexity index is 566. The molecule has 1 aliphatic heterocycles. The second kappa shape index (κ2) is 8.17. The van der Waals surface area contributed by atoms with Crippen molar-refractivity contribution in [1.29, 1.82) is 0 Å². The predicted molar refractivity (Wildman–Crippen MR) is 96.6 cm³/mol. The minimum atomic E-state index is -0.532. The topological polar surface area (TPSA) is 65.0 Å². The van der Waals surface area contributed by atoms with Gasteiger partial charge in [0, 0.05) is 38.3 Å². The van der Waals surface area contributed by atoms with Crippen LogP contribution in [0.25, 0.3) is 0 Å². The van der Waals surface area contributed by atoms with E-state index in [1.807, 2.05) is 24.3 Å². The normalized spacial score (nSPS) is 21.6. The second-order valence-electron chi connectivity index (χ2n) is 7.11. The third-order valence-corrected chi connectivity index (χ3v) is 5.21. The van der Waals surface area contributed by atoms with Crippen LogP contribution in [0.15, 0.2) is 24.3 Å². The molecule has 1 amide bonds. The highest BCUT2D eigenvalue weighted by molar-refractivity contribution is 5.78. The van der Waals surface area contributed by atoms with E-state index in [0.29, 0.717) is 12.6 Å². The van der Waals surface area contributed by atoms with Gasteiger partial charge in [-0.25, -0.2) is 0 Å². The predicted octanol–water partition coefficient (Wildman–Crippen LogP) is 1.01. The Kier molecular flexibility index (Phi) is 5.93. The fourth-order valence-corrected chi connectivity index (χ4v) is 3.31. The van der Waals surface area contributed by atoms with Crippen molar-refractivity contribution in [3.8, 4) is 5.75 Å². The fraction of sp³-hybridized carbons (Fsp3) is 0.632. The number of benzene rings is 1. The summed E-state index contributed by atoms with van der Waals surface area (Å²) in [6, 6.07) is 8.05. The Labute approximate surface area is 149 Å². The van der Waals surface area contributed by atoms with Gasteiger partial charge in [0.2, 0.25) is 5.91 Å². The van der Waals surface area contributed by atoms with E-state index in [-0.39, 0.29) is 11.9 Å². The maximum atomic E-state index is 11.9. The van der Waals surface area contributed by atoms with Crippen molar-refractivity contribution >= 4 is 5.91 Å². The molecule has 6 nitrogen and oxygen atoms in total. The zero-order chi connectivity index (χ0) is 17.8.